The predicted molar refractivity (Wildman–Crippen MR) is 82.9 cm³/mol. The molecule has 0 amide bonds. The van der Waals surface area contributed by atoms with E-state index >= 15 is 0 Å². The number of amidine groups is 1. The zero-order valence-corrected chi connectivity index (χ0v) is 13.2. The number of thioether (sulfide) groups is 1. The summed E-state index contributed by atoms with van der Waals surface area (Å²) in [6, 6.07) is 5.87. The van der Waals surface area contributed by atoms with Crippen molar-refractivity contribution in [3.05, 3.63) is 22.7 Å². The first-order valence-electron chi connectivity index (χ1n) is 5.83. The Morgan fingerprint density at radius 2 is 2.22 bits per heavy atom. The highest BCUT2D eigenvalue weighted by Crippen LogP contribution is 2.31. The number of hydrogen-bond donors (Lipinski definition) is 1. The van der Waals surface area contributed by atoms with Crippen molar-refractivity contribution in [3.63, 3.8) is 0 Å². The maximum Gasteiger partial charge on any atom is 0.161 e. The topological polar surface area (TPSA) is 33.6 Å². The summed E-state index contributed by atoms with van der Waals surface area (Å²) < 4.78 is 6.24. The normalized spacial score (nSPS) is 18.1. The van der Waals surface area contributed by atoms with Gasteiger partial charge in [-0.15, -0.1) is 0 Å². The van der Waals surface area contributed by atoms with E-state index in [4.69, 9.17) is 9.73 Å². The number of methoxy groups -OCH3 is 1. The van der Waals surface area contributed by atoms with Crippen molar-refractivity contribution in [2.45, 2.75) is 25.8 Å². The maximum atomic E-state index is 5.23. The van der Waals surface area contributed by atoms with Gasteiger partial charge in [-0.1, -0.05) is 11.8 Å². The molecule has 0 aliphatic carbocycles. The summed E-state index contributed by atoms with van der Waals surface area (Å²) in [6.45, 7) is 4.32. The molecule has 0 atom stereocenters. The first-order valence-corrected chi connectivity index (χ1v) is 7.61. The molecule has 1 aliphatic rings. The average Bonchev–Trinajstić information content (AvgIpc) is 2.31. The smallest absolute Gasteiger partial charge is 0.161 e. The fourth-order valence-corrected chi connectivity index (χ4v) is 3.30. The largest absolute Gasteiger partial charge is 0.497 e. The lowest BCUT2D eigenvalue weighted by molar-refractivity contribution is 0.415. The molecule has 0 spiro atoms. The number of hydrogen-bond acceptors (Lipinski definition) is 4. The van der Waals surface area contributed by atoms with E-state index in [0.717, 1.165) is 33.3 Å². The van der Waals surface area contributed by atoms with Crippen LogP contribution in [0.3, 0.4) is 0 Å². The van der Waals surface area contributed by atoms with Crippen molar-refractivity contribution < 1.29 is 4.74 Å². The molecule has 1 N–H and O–H groups in total. The van der Waals surface area contributed by atoms with E-state index in [1.54, 1.807) is 18.9 Å². The van der Waals surface area contributed by atoms with Gasteiger partial charge in [-0.2, -0.15) is 0 Å². The molecule has 0 aromatic heterocycles. The van der Waals surface area contributed by atoms with Crippen LogP contribution in [0.5, 0.6) is 5.75 Å². The molecule has 5 heteroatoms. The minimum absolute atomic E-state index is 0.0267. The first-order chi connectivity index (χ1) is 8.50. The third-order valence-electron chi connectivity index (χ3n) is 2.77. The lowest BCUT2D eigenvalue weighted by Crippen LogP contribution is -2.27. The summed E-state index contributed by atoms with van der Waals surface area (Å²) in [4.78, 5) is 4.71. The Bertz CT molecular complexity index is 474. The second-order valence-corrected chi connectivity index (χ2v) is 6.74. The van der Waals surface area contributed by atoms with Crippen molar-refractivity contribution in [1.29, 1.82) is 0 Å². The van der Waals surface area contributed by atoms with E-state index in [0.29, 0.717) is 0 Å². The van der Waals surface area contributed by atoms with E-state index in [1.165, 1.54) is 0 Å². The monoisotopic (exact) mass is 328 g/mol. The van der Waals surface area contributed by atoms with Gasteiger partial charge in [-0.25, -0.2) is 0 Å². The van der Waals surface area contributed by atoms with Crippen molar-refractivity contribution in [1.82, 2.24) is 0 Å². The third-order valence-corrected chi connectivity index (χ3v) is 4.34. The van der Waals surface area contributed by atoms with Gasteiger partial charge in [0.05, 0.1) is 18.3 Å². The SMILES string of the molecule is COc1ccc(Br)c(NC2=NC(C)(C)CCS2)c1. The van der Waals surface area contributed by atoms with Crippen LogP contribution in [-0.2, 0) is 0 Å². The summed E-state index contributed by atoms with van der Waals surface area (Å²) >= 11 is 5.29. The molecule has 0 fully saturated rings. The minimum atomic E-state index is 0.0267. The molecule has 0 unspecified atom stereocenters. The molecular weight excluding hydrogens is 312 g/mol. The van der Waals surface area contributed by atoms with Crippen LogP contribution in [0.1, 0.15) is 20.3 Å². The van der Waals surface area contributed by atoms with Gasteiger partial charge in [-0.3, -0.25) is 4.99 Å². The van der Waals surface area contributed by atoms with Crippen molar-refractivity contribution >= 4 is 38.5 Å². The average molecular weight is 329 g/mol. The van der Waals surface area contributed by atoms with Gasteiger partial charge in [0.1, 0.15) is 5.75 Å². The van der Waals surface area contributed by atoms with Gasteiger partial charge in [-0.05, 0) is 48.3 Å². The molecule has 98 valence electrons. The van der Waals surface area contributed by atoms with E-state index in [2.05, 4.69) is 35.1 Å². The molecule has 0 bridgehead atoms. The quantitative estimate of drug-likeness (QED) is 0.885. The number of halogens is 1. The van der Waals surface area contributed by atoms with Crippen LogP contribution < -0.4 is 10.1 Å². The van der Waals surface area contributed by atoms with Crippen LogP contribution >= 0.6 is 27.7 Å². The highest BCUT2D eigenvalue weighted by molar-refractivity contribution is 9.10. The second-order valence-electron chi connectivity index (χ2n) is 4.80. The summed E-state index contributed by atoms with van der Waals surface area (Å²) in [5, 5.41) is 4.34. The molecular formula is C13H17BrN2OS. The summed E-state index contributed by atoms with van der Waals surface area (Å²) in [5.74, 6) is 1.93. The second kappa shape index (κ2) is 5.53. The van der Waals surface area contributed by atoms with Crippen LogP contribution in [0.15, 0.2) is 27.7 Å². The number of aliphatic imine (C=N–C) groups is 1. The Hall–Kier alpha value is -0.680. The lowest BCUT2D eigenvalue weighted by Gasteiger charge is -2.26. The molecule has 1 aliphatic heterocycles. The van der Waals surface area contributed by atoms with Crippen LogP contribution in [0.25, 0.3) is 0 Å². The highest BCUT2D eigenvalue weighted by Gasteiger charge is 2.22. The van der Waals surface area contributed by atoms with Crippen molar-refractivity contribution in [3.8, 4) is 5.75 Å². The zero-order valence-electron chi connectivity index (χ0n) is 10.8. The minimum Gasteiger partial charge on any atom is -0.497 e. The molecule has 0 saturated carbocycles. The van der Waals surface area contributed by atoms with Crippen molar-refractivity contribution in [2.75, 3.05) is 18.2 Å². The number of ether oxygens (including phenoxy) is 1. The summed E-state index contributed by atoms with van der Waals surface area (Å²) in [6.07, 6.45) is 1.11. The van der Waals surface area contributed by atoms with Gasteiger partial charge in [0.25, 0.3) is 0 Å². The van der Waals surface area contributed by atoms with Gasteiger partial charge < -0.3 is 10.1 Å². The fourth-order valence-electron chi connectivity index (χ4n) is 1.67. The number of nitrogens with one attached hydrogen (secondary N) is 1. The molecule has 1 heterocycles. The van der Waals surface area contributed by atoms with Crippen LogP contribution in [0.2, 0.25) is 0 Å². The molecule has 0 saturated heterocycles. The van der Waals surface area contributed by atoms with Crippen molar-refractivity contribution in [2.24, 2.45) is 4.99 Å². The summed E-state index contributed by atoms with van der Waals surface area (Å²) in [7, 11) is 1.67. The first kappa shape index (κ1) is 13.7. The Labute approximate surface area is 121 Å². The Morgan fingerprint density at radius 3 is 2.89 bits per heavy atom. The van der Waals surface area contributed by atoms with Gasteiger partial charge >= 0.3 is 0 Å². The number of nitrogens with zero attached hydrogens (tertiary/aromatic N) is 1. The third kappa shape index (κ3) is 3.42. The molecule has 18 heavy (non-hydrogen) atoms. The van der Waals surface area contributed by atoms with Crippen LogP contribution in [0.4, 0.5) is 5.69 Å². The predicted octanol–water partition coefficient (Wildman–Crippen LogP) is 4.14. The van der Waals surface area contributed by atoms with Gasteiger partial charge in [0.15, 0.2) is 5.17 Å². The zero-order chi connectivity index (χ0) is 13.2. The van der Waals surface area contributed by atoms with E-state index in [9.17, 15) is 0 Å². The molecule has 1 aromatic rings. The molecule has 2 rings (SSSR count). The standard InChI is InChI=1S/C13H17BrN2OS/c1-13(2)6-7-18-12(16-13)15-11-8-9(17-3)4-5-10(11)14/h4-5,8H,6-7H2,1-3H3,(H,15,16). The molecule has 0 radical (unpaired) electrons. The molecule has 1 aromatic carbocycles. The van der Waals surface area contributed by atoms with E-state index in [1.807, 2.05) is 18.2 Å². The van der Waals surface area contributed by atoms with Crippen LogP contribution in [0, 0.1) is 0 Å². The Morgan fingerprint density at radius 1 is 1.44 bits per heavy atom. The van der Waals surface area contributed by atoms with Gasteiger partial charge in [0.2, 0.25) is 0 Å². The maximum absolute atomic E-state index is 5.23. The Kier molecular flexibility index (Phi) is 4.22. The fraction of sp³-hybridized carbons (Fsp3) is 0.462. The highest BCUT2D eigenvalue weighted by atomic mass is 79.9. The van der Waals surface area contributed by atoms with E-state index in [-0.39, 0.29) is 5.54 Å². The van der Waals surface area contributed by atoms with E-state index < -0.39 is 0 Å². The van der Waals surface area contributed by atoms with Crippen LogP contribution in [-0.4, -0.2) is 23.6 Å². The Balaban J connectivity index is 2.21. The summed E-state index contributed by atoms with van der Waals surface area (Å²) in [5.41, 5.74) is 1.01. The van der Waals surface area contributed by atoms with Gasteiger partial charge in [0, 0.05) is 16.3 Å². The number of anilines is 1. The molecule has 3 nitrogen and oxygen atoms in total. The number of benzene rings is 1. The lowest BCUT2D eigenvalue weighted by atomic mass is 10.0. The number of rotatable bonds is 2.